The summed E-state index contributed by atoms with van der Waals surface area (Å²) in [4.78, 5) is 0. The minimum atomic E-state index is -0.429. The van der Waals surface area contributed by atoms with Crippen LogP contribution in [0.15, 0.2) is 18.2 Å². The number of hydrogen-bond acceptors (Lipinski definition) is 3. The van der Waals surface area contributed by atoms with Crippen molar-refractivity contribution in [3.8, 4) is 0 Å². The third-order valence-corrected chi connectivity index (χ3v) is 6.35. The highest BCUT2D eigenvalue weighted by Gasteiger charge is 2.26. The van der Waals surface area contributed by atoms with Crippen LogP contribution in [0.3, 0.4) is 0 Å². The molecule has 0 spiro atoms. The molecule has 1 fully saturated rings. The standard InChI is InChI=1S/C15H21F2NS2/c1-2-6-18-14(15-10-19-7-8-20-15)9-11-12(16)4-3-5-13(11)17/h3-5,14-15,18H,2,6-10H2,1H3. The van der Waals surface area contributed by atoms with Crippen LogP contribution >= 0.6 is 23.5 Å². The van der Waals surface area contributed by atoms with E-state index < -0.39 is 11.6 Å². The largest absolute Gasteiger partial charge is 0.313 e. The smallest absolute Gasteiger partial charge is 0.129 e. The fraction of sp³-hybridized carbons (Fsp3) is 0.600. The van der Waals surface area contributed by atoms with Crippen LogP contribution in [0.25, 0.3) is 0 Å². The van der Waals surface area contributed by atoms with Crippen LogP contribution in [0.5, 0.6) is 0 Å². The zero-order valence-electron chi connectivity index (χ0n) is 11.7. The molecule has 0 saturated carbocycles. The van der Waals surface area contributed by atoms with Crippen molar-refractivity contribution in [1.82, 2.24) is 5.32 Å². The minimum absolute atomic E-state index is 0.138. The van der Waals surface area contributed by atoms with Gasteiger partial charge in [-0.3, -0.25) is 0 Å². The van der Waals surface area contributed by atoms with Gasteiger partial charge < -0.3 is 5.32 Å². The Balaban J connectivity index is 2.09. The summed E-state index contributed by atoms with van der Waals surface area (Å²) in [6.07, 6.45) is 1.46. The number of hydrogen-bond donors (Lipinski definition) is 1. The molecule has 2 atom stereocenters. The lowest BCUT2D eigenvalue weighted by Gasteiger charge is -2.30. The molecule has 1 aliphatic rings. The number of halogens is 2. The first kappa shape index (κ1) is 16.1. The third kappa shape index (κ3) is 4.37. The SMILES string of the molecule is CCCNC(Cc1c(F)cccc1F)C1CSCCS1. The van der Waals surface area contributed by atoms with Crippen molar-refractivity contribution >= 4 is 23.5 Å². The molecule has 1 aliphatic heterocycles. The van der Waals surface area contributed by atoms with E-state index >= 15 is 0 Å². The Kier molecular flexibility index (Phi) is 6.65. The zero-order valence-corrected chi connectivity index (χ0v) is 13.3. The summed E-state index contributed by atoms with van der Waals surface area (Å²) in [6, 6.07) is 4.25. The Labute approximate surface area is 128 Å². The summed E-state index contributed by atoms with van der Waals surface area (Å²) < 4.78 is 27.6. The second-order valence-electron chi connectivity index (χ2n) is 4.95. The van der Waals surface area contributed by atoms with E-state index in [9.17, 15) is 8.78 Å². The van der Waals surface area contributed by atoms with Gasteiger partial charge in [0.1, 0.15) is 11.6 Å². The van der Waals surface area contributed by atoms with E-state index in [2.05, 4.69) is 12.2 Å². The molecule has 1 aromatic carbocycles. The van der Waals surface area contributed by atoms with Crippen molar-refractivity contribution in [1.29, 1.82) is 0 Å². The molecule has 1 saturated heterocycles. The predicted octanol–water partition coefficient (Wildman–Crippen LogP) is 3.72. The summed E-state index contributed by atoms with van der Waals surface area (Å²) in [6.45, 7) is 3.00. The van der Waals surface area contributed by atoms with E-state index in [1.54, 1.807) is 0 Å². The maximum Gasteiger partial charge on any atom is 0.129 e. The van der Waals surface area contributed by atoms with E-state index in [4.69, 9.17) is 0 Å². The van der Waals surface area contributed by atoms with Crippen LogP contribution in [0.1, 0.15) is 18.9 Å². The normalized spacial score (nSPS) is 20.9. The lowest BCUT2D eigenvalue weighted by atomic mass is 10.0. The average Bonchev–Trinajstić information content (AvgIpc) is 2.47. The van der Waals surface area contributed by atoms with Gasteiger partial charge in [-0.25, -0.2) is 8.78 Å². The van der Waals surface area contributed by atoms with Gasteiger partial charge in [-0.1, -0.05) is 13.0 Å². The molecular formula is C15H21F2NS2. The summed E-state index contributed by atoms with van der Waals surface area (Å²) in [5, 5.41) is 3.90. The molecule has 2 rings (SSSR count). The molecule has 1 N–H and O–H groups in total. The van der Waals surface area contributed by atoms with Crippen LogP contribution < -0.4 is 5.32 Å². The second kappa shape index (κ2) is 8.25. The van der Waals surface area contributed by atoms with Crippen LogP contribution in [0.4, 0.5) is 8.78 Å². The molecule has 0 radical (unpaired) electrons. The number of nitrogens with one attached hydrogen (secondary N) is 1. The van der Waals surface area contributed by atoms with Crippen molar-refractivity contribution in [2.75, 3.05) is 23.8 Å². The number of benzene rings is 1. The molecule has 0 aromatic heterocycles. The summed E-state index contributed by atoms with van der Waals surface area (Å²) in [7, 11) is 0. The summed E-state index contributed by atoms with van der Waals surface area (Å²) in [5.41, 5.74) is 0.220. The molecule has 0 amide bonds. The van der Waals surface area contributed by atoms with E-state index in [0.29, 0.717) is 11.7 Å². The van der Waals surface area contributed by atoms with Gasteiger partial charge in [0.05, 0.1) is 0 Å². The lowest BCUT2D eigenvalue weighted by molar-refractivity contribution is 0.475. The van der Waals surface area contributed by atoms with Gasteiger partial charge in [-0.15, -0.1) is 0 Å². The van der Waals surface area contributed by atoms with Crippen LogP contribution in [0.2, 0.25) is 0 Å². The second-order valence-corrected chi connectivity index (χ2v) is 7.45. The Morgan fingerprint density at radius 3 is 2.65 bits per heavy atom. The van der Waals surface area contributed by atoms with Crippen LogP contribution in [-0.4, -0.2) is 35.1 Å². The minimum Gasteiger partial charge on any atom is -0.313 e. The van der Waals surface area contributed by atoms with Gasteiger partial charge >= 0.3 is 0 Å². The molecule has 0 bridgehead atoms. The fourth-order valence-electron chi connectivity index (χ4n) is 2.35. The van der Waals surface area contributed by atoms with Crippen LogP contribution in [-0.2, 0) is 6.42 Å². The summed E-state index contributed by atoms with van der Waals surface area (Å²) in [5.74, 6) is 2.50. The fourth-order valence-corrected chi connectivity index (χ4v) is 5.24. The lowest BCUT2D eigenvalue weighted by Crippen LogP contribution is -2.43. The van der Waals surface area contributed by atoms with Gasteiger partial charge in [0.2, 0.25) is 0 Å². The Hall–Kier alpha value is -0.260. The van der Waals surface area contributed by atoms with Crippen molar-refractivity contribution in [3.05, 3.63) is 35.4 Å². The molecule has 2 unspecified atom stereocenters. The maximum atomic E-state index is 13.8. The average molecular weight is 317 g/mol. The van der Waals surface area contributed by atoms with Gasteiger partial charge in [0.15, 0.2) is 0 Å². The van der Waals surface area contributed by atoms with Gasteiger partial charge in [0.25, 0.3) is 0 Å². The molecule has 1 nitrogen and oxygen atoms in total. The molecule has 1 aromatic rings. The quantitative estimate of drug-likeness (QED) is 0.859. The summed E-state index contributed by atoms with van der Waals surface area (Å²) >= 11 is 3.86. The van der Waals surface area contributed by atoms with Crippen molar-refractivity contribution in [2.45, 2.75) is 31.1 Å². The third-order valence-electron chi connectivity index (χ3n) is 3.43. The first-order valence-corrected chi connectivity index (χ1v) is 9.28. The highest BCUT2D eigenvalue weighted by molar-refractivity contribution is 8.06. The van der Waals surface area contributed by atoms with Crippen molar-refractivity contribution in [2.24, 2.45) is 0 Å². The Morgan fingerprint density at radius 2 is 2.05 bits per heavy atom. The van der Waals surface area contributed by atoms with Crippen molar-refractivity contribution in [3.63, 3.8) is 0 Å². The zero-order chi connectivity index (χ0) is 14.4. The number of rotatable bonds is 6. The Bertz CT molecular complexity index is 402. The first-order chi connectivity index (χ1) is 9.72. The highest BCUT2D eigenvalue weighted by atomic mass is 32.2. The first-order valence-electron chi connectivity index (χ1n) is 7.08. The molecule has 20 heavy (non-hydrogen) atoms. The number of thioether (sulfide) groups is 2. The molecular weight excluding hydrogens is 296 g/mol. The topological polar surface area (TPSA) is 12.0 Å². The Morgan fingerprint density at radius 1 is 1.30 bits per heavy atom. The van der Waals surface area contributed by atoms with E-state index in [-0.39, 0.29) is 11.6 Å². The molecule has 5 heteroatoms. The molecule has 112 valence electrons. The van der Waals surface area contributed by atoms with Gasteiger partial charge in [0, 0.05) is 34.1 Å². The molecule has 1 heterocycles. The van der Waals surface area contributed by atoms with E-state index in [1.165, 1.54) is 24.0 Å². The van der Waals surface area contributed by atoms with Gasteiger partial charge in [-0.2, -0.15) is 23.5 Å². The van der Waals surface area contributed by atoms with E-state index in [1.807, 2.05) is 23.5 Å². The van der Waals surface area contributed by atoms with Crippen LogP contribution in [0, 0.1) is 11.6 Å². The maximum absolute atomic E-state index is 13.8. The molecule has 0 aliphatic carbocycles. The van der Waals surface area contributed by atoms with E-state index in [0.717, 1.165) is 24.5 Å². The van der Waals surface area contributed by atoms with Crippen molar-refractivity contribution < 1.29 is 8.78 Å². The predicted molar refractivity (Wildman–Crippen MR) is 85.7 cm³/mol. The monoisotopic (exact) mass is 317 g/mol. The van der Waals surface area contributed by atoms with Gasteiger partial charge in [-0.05, 0) is 31.5 Å². The highest BCUT2D eigenvalue weighted by Crippen LogP contribution is 2.28.